The Bertz CT molecular complexity index is 423. The molecule has 0 spiro atoms. The van der Waals surface area contributed by atoms with Crippen LogP contribution < -0.4 is 0 Å². The van der Waals surface area contributed by atoms with Crippen molar-refractivity contribution in [3.8, 4) is 0 Å². The summed E-state index contributed by atoms with van der Waals surface area (Å²) in [6.45, 7) is 6.00. The van der Waals surface area contributed by atoms with Gasteiger partial charge in [0.15, 0.2) is 4.36 Å². The minimum absolute atomic E-state index is 0.585. The summed E-state index contributed by atoms with van der Waals surface area (Å²) in [6.07, 6.45) is 1.18. The predicted octanol–water partition coefficient (Wildman–Crippen LogP) is 2.91. The summed E-state index contributed by atoms with van der Waals surface area (Å²) in [5.41, 5.74) is 0.616. The molecule has 0 aliphatic carbocycles. The molecule has 0 saturated heterocycles. The van der Waals surface area contributed by atoms with E-state index in [1.54, 1.807) is 30.3 Å². The molecular formula is C10H11ClO3S. The lowest BCUT2D eigenvalue weighted by Gasteiger charge is -1.94. The summed E-state index contributed by atoms with van der Waals surface area (Å²) in [6, 6.07) is 8.61. The van der Waals surface area contributed by atoms with E-state index < -0.39 is 14.5 Å². The lowest BCUT2D eigenvalue weighted by atomic mass is 10.2. The zero-order valence-electron chi connectivity index (χ0n) is 7.93. The summed E-state index contributed by atoms with van der Waals surface area (Å²) < 4.78 is 28.9. The summed E-state index contributed by atoms with van der Waals surface area (Å²) in [4.78, 5) is 0. The molecule has 3 nitrogen and oxygen atoms in total. The fourth-order valence-corrected chi connectivity index (χ4v) is 1.17. The van der Waals surface area contributed by atoms with Crippen molar-refractivity contribution in [3.05, 3.63) is 53.4 Å². The molecule has 0 aromatic heterocycles. The highest BCUT2D eigenvalue weighted by Gasteiger charge is 2.09. The van der Waals surface area contributed by atoms with Crippen LogP contribution in [0.2, 0.25) is 0 Å². The molecule has 1 aromatic carbocycles. The maximum absolute atomic E-state index is 10.5. The number of rotatable bonds is 2. The van der Waals surface area contributed by atoms with Crippen LogP contribution in [-0.2, 0) is 10.1 Å². The third-order valence-corrected chi connectivity index (χ3v) is 2.63. The topological polar surface area (TPSA) is 54.4 Å². The van der Waals surface area contributed by atoms with Crippen LogP contribution in [0, 0.1) is 0 Å². The van der Waals surface area contributed by atoms with E-state index in [1.165, 1.54) is 6.08 Å². The molecule has 1 rings (SSSR count). The molecule has 0 fully saturated rings. The normalized spacial score (nSPS) is 11.5. The second kappa shape index (κ2) is 6.40. The quantitative estimate of drug-likeness (QED) is 0.645. The highest BCUT2D eigenvalue weighted by Crippen LogP contribution is 2.14. The van der Waals surface area contributed by atoms with Crippen molar-refractivity contribution in [2.24, 2.45) is 0 Å². The second-order valence-corrected chi connectivity index (χ2v) is 4.36. The molecule has 0 radical (unpaired) electrons. The number of hydrogen-bond donors (Lipinski definition) is 1. The average molecular weight is 247 g/mol. The van der Waals surface area contributed by atoms with Gasteiger partial charge in [-0.15, -0.1) is 13.2 Å². The van der Waals surface area contributed by atoms with Crippen molar-refractivity contribution in [2.75, 3.05) is 0 Å². The van der Waals surface area contributed by atoms with Crippen LogP contribution in [0.15, 0.2) is 47.9 Å². The van der Waals surface area contributed by atoms with E-state index in [0.29, 0.717) is 5.56 Å². The van der Waals surface area contributed by atoms with Gasteiger partial charge in [-0.05, 0) is 11.6 Å². The zero-order valence-corrected chi connectivity index (χ0v) is 9.50. The molecule has 0 atom stereocenters. The zero-order chi connectivity index (χ0) is 11.9. The van der Waals surface area contributed by atoms with Crippen molar-refractivity contribution >= 4 is 27.8 Å². The molecule has 0 amide bonds. The van der Waals surface area contributed by atoms with Gasteiger partial charge in [-0.25, -0.2) is 0 Å². The van der Waals surface area contributed by atoms with Crippen LogP contribution >= 0.6 is 11.6 Å². The van der Waals surface area contributed by atoms with Gasteiger partial charge in [0.25, 0.3) is 0 Å². The summed E-state index contributed by atoms with van der Waals surface area (Å²) in [5, 5.41) is 0. The Hall–Kier alpha value is -1.10. The molecule has 0 heterocycles. The average Bonchev–Trinajstić information content (AvgIpc) is 2.21. The van der Waals surface area contributed by atoms with Gasteiger partial charge in [0, 0.05) is 0 Å². The Morgan fingerprint density at radius 1 is 1.27 bits per heavy atom. The molecular weight excluding hydrogens is 236 g/mol. The summed E-state index contributed by atoms with van der Waals surface area (Å²) in [7, 11) is -4.27. The van der Waals surface area contributed by atoms with Crippen molar-refractivity contribution in [2.45, 2.75) is 0 Å². The lowest BCUT2D eigenvalue weighted by Crippen LogP contribution is -1.95. The van der Waals surface area contributed by atoms with Crippen LogP contribution in [0.4, 0.5) is 0 Å². The molecule has 1 aromatic rings. The monoisotopic (exact) mass is 246 g/mol. The second-order valence-electron chi connectivity index (χ2n) is 2.33. The molecule has 1 N–H and O–H groups in total. The highest BCUT2D eigenvalue weighted by molar-refractivity contribution is 7.91. The van der Waals surface area contributed by atoms with E-state index >= 15 is 0 Å². The van der Waals surface area contributed by atoms with Crippen molar-refractivity contribution in [3.63, 3.8) is 0 Å². The van der Waals surface area contributed by atoms with Gasteiger partial charge < -0.3 is 0 Å². The third-order valence-electron chi connectivity index (χ3n) is 1.33. The first-order valence-corrected chi connectivity index (χ1v) is 5.72. The first kappa shape index (κ1) is 13.9. The van der Waals surface area contributed by atoms with Gasteiger partial charge in [0.2, 0.25) is 0 Å². The van der Waals surface area contributed by atoms with E-state index in [-0.39, 0.29) is 0 Å². The number of halogens is 1. The number of benzene rings is 1. The summed E-state index contributed by atoms with van der Waals surface area (Å²) in [5.74, 6) is 0. The van der Waals surface area contributed by atoms with Gasteiger partial charge in [0.05, 0.1) is 0 Å². The minimum Gasteiger partial charge on any atom is -0.281 e. The molecule has 82 valence electrons. The minimum atomic E-state index is -4.27. The largest absolute Gasteiger partial charge is 0.305 e. The Kier molecular flexibility index (Phi) is 5.93. The Balaban J connectivity index is 0.000000921. The highest BCUT2D eigenvalue weighted by atomic mass is 35.5. The van der Waals surface area contributed by atoms with E-state index in [4.69, 9.17) is 16.2 Å². The third kappa shape index (κ3) is 5.37. The van der Waals surface area contributed by atoms with Crippen molar-refractivity contribution < 1.29 is 13.0 Å². The van der Waals surface area contributed by atoms with Crippen LogP contribution in [0.25, 0.3) is 6.08 Å². The lowest BCUT2D eigenvalue weighted by molar-refractivity contribution is 0.493. The Morgan fingerprint density at radius 3 is 2.13 bits per heavy atom. The van der Waals surface area contributed by atoms with Crippen LogP contribution in [0.1, 0.15) is 5.56 Å². The Labute approximate surface area is 94.4 Å². The molecule has 0 saturated carbocycles. The predicted molar refractivity (Wildman–Crippen MR) is 63.1 cm³/mol. The van der Waals surface area contributed by atoms with E-state index in [1.807, 2.05) is 0 Å². The number of hydrogen-bond acceptors (Lipinski definition) is 2. The van der Waals surface area contributed by atoms with Gasteiger partial charge in [-0.3, -0.25) is 4.55 Å². The molecule has 0 unspecified atom stereocenters. The van der Waals surface area contributed by atoms with E-state index in [0.717, 1.165) is 0 Å². The summed E-state index contributed by atoms with van der Waals surface area (Å²) >= 11 is 5.31. The SMILES string of the molecule is C=C.O=S(=O)(O)C(Cl)=Cc1ccccc1. The fraction of sp³-hybridized carbons (Fsp3) is 0. The smallest absolute Gasteiger partial charge is 0.281 e. The van der Waals surface area contributed by atoms with Crippen LogP contribution in [-0.4, -0.2) is 13.0 Å². The van der Waals surface area contributed by atoms with E-state index in [2.05, 4.69) is 13.2 Å². The molecule has 5 heteroatoms. The van der Waals surface area contributed by atoms with E-state index in [9.17, 15) is 8.42 Å². The molecule has 15 heavy (non-hydrogen) atoms. The standard InChI is InChI=1S/C8H7ClO3S.C2H4/c9-8(13(10,11)12)6-7-4-2-1-3-5-7;1-2/h1-6H,(H,10,11,12);1-2H2. The first-order chi connectivity index (χ1) is 7.00. The molecule has 0 aliphatic rings. The molecule has 0 bridgehead atoms. The van der Waals surface area contributed by atoms with Gasteiger partial charge >= 0.3 is 10.1 Å². The van der Waals surface area contributed by atoms with Crippen LogP contribution in [0.3, 0.4) is 0 Å². The van der Waals surface area contributed by atoms with Crippen molar-refractivity contribution in [1.82, 2.24) is 0 Å². The Morgan fingerprint density at radius 2 is 1.73 bits per heavy atom. The van der Waals surface area contributed by atoms with Crippen molar-refractivity contribution in [1.29, 1.82) is 0 Å². The van der Waals surface area contributed by atoms with Gasteiger partial charge in [-0.1, -0.05) is 41.9 Å². The maximum Gasteiger partial charge on any atom is 0.305 e. The maximum atomic E-state index is 10.5. The van der Waals surface area contributed by atoms with Gasteiger partial charge in [0.1, 0.15) is 0 Å². The first-order valence-electron chi connectivity index (χ1n) is 3.90. The fourth-order valence-electron chi connectivity index (χ4n) is 0.755. The van der Waals surface area contributed by atoms with Crippen LogP contribution in [0.5, 0.6) is 0 Å². The van der Waals surface area contributed by atoms with Gasteiger partial charge in [-0.2, -0.15) is 8.42 Å². The molecule has 0 aliphatic heterocycles.